The molecule has 0 spiro atoms. The Morgan fingerprint density at radius 1 is 1.22 bits per heavy atom. The molecule has 1 N–H and O–H groups in total. The lowest BCUT2D eigenvalue weighted by atomic mass is 10.2. The van der Waals surface area contributed by atoms with Crippen molar-refractivity contribution in [3.8, 4) is 5.75 Å². The van der Waals surface area contributed by atoms with E-state index < -0.39 is 34.0 Å². The van der Waals surface area contributed by atoms with Crippen molar-refractivity contribution in [2.75, 3.05) is 0 Å². The fraction of sp³-hybridized carbons (Fsp3) is 0.375. The number of aliphatic hydroxyl groups excluding tert-OH is 1. The third kappa shape index (κ3) is 3.60. The third-order valence-electron chi connectivity index (χ3n) is 1.72. The summed E-state index contributed by atoms with van der Waals surface area (Å²) in [6.07, 6.45) is -10.1. The van der Waals surface area contributed by atoms with E-state index >= 15 is 0 Å². The number of pyridine rings is 1. The maximum atomic E-state index is 12.5. The minimum atomic E-state index is -5.27. The van der Waals surface area contributed by atoms with Crippen LogP contribution < -0.4 is 4.74 Å². The summed E-state index contributed by atoms with van der Waals surface area (Å²) >= 11 is 1.20. The van der Waals surface area contributed by atoms with E-state index in [0.717, 1.165) is 0 Å². The largest absolute Gasteiger partial charge is 0.573 e. The van der Waals surface area contributed by atoms with Crippen LogP contribution in [0.5, 0.6) is 5.75 Å². The van der Waals surface area contributed by atoms with Gasteiger partial charge in [0, 0.05) is 6.20 Å². The van der Waals surface area contributed by atoms with E-state index in [1.165, 1.54) is 22.6 Å². The van der Waals surface area contributed by atoms with Crippen LogP contribution >= 0.6 is 22.6 Å². The number of rotatable bonds is 2. The van der Waals surface area contributed by atoms with Crippen molar-refractivity contribution in [2.45, 2.75) is 19.1 Å². The highest BCUT2D eigenvalue weighted by Gasteiger charge is 2.41. The molecule has 0 radical (unpaired) electrons. The molecule has 3 nitrogen and oxygen atoms in total. The number of aromatic nitrogens is 1. The van der Waals surface area contributed by atoms with E-state index in [9.17, 15) is 26.3 Å². The number of halogens is 7. The molecule has 0 bridgehead atoms. The average molecular weight is 387 g/mol. The molecular formula is C8H4F6INO2. The van der Waals surface area contributed by atoms with E-state index in [4.69, 9.17) is 5.11 Å². The first-order valence-corrected chi connectivity index (χ1v) is 5.25. The van der Waals surface area contributed by atoms with Crippen LogP contribution in [0.3, 0.4) is 0 Å². The monoisotopic (exact) mass is 387 g/mol. The molecule has 102 valence electrons. The molecular weight excluding hydrogens is 383 g/mol. The topological polar surface area (TPSA) is 42.4 Å². The minimum absolute atomic E-state index is 0.189. The van der Waals surface area contributed by atoms with E-state index in [1.807, 2.05) is 0 Å². The quantitative estimate of drug-likeness (QED) is 0.627. The predicted octanol–water partition coefficient (Wildman–Crippen LogP) is 3.10. The molecule has 1 aromatic heterocycles. The SMILES string of the molecule is OCc1ncc(C(F)(F)F)c(OC(F)(F)F)c1I. The van der Waals surface area contributed by atoms with Gasteiger partial charge in [0.25, 0.3) is 0 Å². The Hall–Kier alpha value is -0.780. The van der Waals surface area contributed by atoms with Crippen molar-refractivity contribution in [1.29, 1.82) is 0 Å². The summed E-state index contributed by atoms with van der Waals surface area (Å²) in [5.74, 6) is -1.41. The van der Waals surface area contributed by atoms with Crippen LogP contribution in [0.4, 0.5) is 26.3 Å². The molecule has 1 rings (SSSR count). The van der Waals surface area contributed by atoms with E-state index in [1.54, 1.807) is 0 Å². The van der Waals surface area contributed by atoms with Crippen molar-refractivity contribution in [1.82, 2.24) is 4.98 Å². The summed E-state index contributed by atoms with van der Waals surface area (Å²) in [5.41, 5.74) is -1.98. The molecule has 18 heavy (non-hydrogen) atoms. The van der Waals surface area contributed by atoms with E-state index in [2.05, 4.69) is 9.72 Å². The highest BCUT2D eigenvalue weighted by Crippen LogP contribution is 2.41. The summed E-state index contributed by atoms with van der Waals surface area (Å²) < 4.78 is 76.4. The standard InChI is InChI=1S/C8H4F6INO2/c9-7(10,11)3-1-16-4(2-17)5(15)6(3)18-8(12,13)14/h1,17H,2H2. The molecule has 0 aliphatic rings. The first kappa shape index (κ1) is 15.3. The molecule has 0 aliphatic heterocycles. The van der Waals surface area contributed by atoms with Crippen LogP contribution in [0.25, 0.3) is 0 Å². The van der Waals surface area contributed by atoms with Gasteiger partial charge in [-0.15, -0.1) is 13.2 Å². The number of alkyl halides is 6. The van der Waals surface area contributed by atoms with Gasteiger partial charge in [-0.1, -0.05) is 0 Å². The van der Waals surface area contributed by atoms with Gasteiger partial charge in [0.2, 0.25) is 0 Å². The van der Waals surface area contributed by atoms with Crippen LogP contribution in [0.2, 0.25) is 0 Å². The second-order valence-corrected chi connectivity index (χ2v) is 4.04. The van der Waals surface area contributed by atoms with Gasteiger partial charge >= 0.3 is 12.5 Å². The smallest absolute Gasteiger partial charge is 0.404 e. The molecule has 0 amide bonds. The summed E-state index contributed by atoms with van der Waals surface area (Å²) in [6, 6.07) is 0. The second kappa shape index (κ2) is 5.07. The van der Waals surface area contributed by atoms with Gasteiger partial charge in [-0.3, -0.25) is 4.98 Å². The Labute approximate surface area is 110 Å². The lowest BCUT2D eigenvalue weighted by molar-refractivity contribution is -0.276. The van der Waals surface area contributed by atoms with Gasteiger partial charge < -0.3 is 9.84 Å². The zero-order chi connectivity index (χ0) is 14.1. The van der Waals surface area contributed by atoms with Crippen molar-refractivity contribution in [3.63, 3.8) is 0 Å². The van der Waals surface area contributed by atoms with E-state index in [-0.39, 0.29) is 11.9 Å². The fourth-order valence-electron chi connectivity index (χ4n) is 1.03. The summed E-state index contributed by atoms with van der Waals surface area (Å²) in [7, 11) is 0. The summed E-state index contributed by atoms with van der Waals surface area (Å²) in [5, 5.41) is 8.75. The Kier molecular flexibility index (Phi) is 4.30. The Bertz CT molecular complexity index is 444. The minimum Gasteiger partial charge on any atom is -0.404 e. The Balaban J connectivity index is 3.41. The fourth-order valence-corrected chi connectivity index (χ4v) is 1.75. The lowest BCUT2D eigenvalue weighted by Gasteiger charge is -2.17. The Morgan fingerprint density at radius 3 is 2.17 bits per heavy atom. The van der Waals surface area contributed by atoms with Gasteiger partial charge in [-0.2, -0.15) is 13.2 Å². The molecule has 0 fully saturated rings. The summed E-state index contributed by atoms with van der Waals surface area (Å²) in [6.45, 7) is -0.801. The van der Waals surface area contributed by atoms with Gasteiger partial charge in [0.05, 0.1) is 15.9 Å². The second-order valence-electron chi connectivity index (χ2n) is 2.97. The number of aliphatic hydroxyl groups is 1. The number of nitrogens with zero attached hydrogens (tertiary/aromatic N) is 1. The molecule has 0 saturated carbocycles. The normalized spacial score (nSPS) is 12.7. The maximum Gasteiger partial charge on any atom is 0.573 e. The zero-order valence-electron chi connectivity index (χ0n) is 8.23. The maximum absolute atomic E-state index is 12.5. The van der Waals surface area contributed by atoms with Gasteiger partial charge in [-0.25, -0.2) is 0 Å². The average Bonchev–Trinajstić information content (AvgIpc) is 2.17. The van der Waals surface area contributed by atoms with Crippen molar-refractivity contribution in [3.05, 3.63) is 21.0 Å². The molecule has 1 heterocycles. The van der Waals surface area contributed by atoms with Crippen LogP contribution in [-0.2, 0) is 12.8 Å². The van der Waals surface area contributed by atoms with Crippen LogP contribution in [0.15, 0.2) is 6.20 Å². The zero-order valence-corrected chi connectivity index (χ0v) is 10.4. The molecule has 10 heteroatoms. The highest BCUT2D eigenvalue weighted by molar-refractivity contribution is 14.1. The van der Waals surface area contributed by atoms with Gasteiger partial charge in [-0.05, 0) is 22.6 Å². The number of ether oxygens (including phenoxy) is 1. The molecule has 0 saturated heterocycles. The van der Waals surface area contributed by atoms with Crippen LogP contribution in [0.1, 0.15) is 11.3 Å². The van der Waals surface area contributed by atoms with Crippen molar-refractivity contribution >= 4 is 22.6 Å². The van der Waals surface area contributed by atoms with Crippen molar-refractivity contribution in [2.24, 2.45) is 0 Å². The summed E-state index contributed by atoms with van der Waals surface area (Å²) in [4.78, 5) is 3.23. The Morgan fingerprint density at radius 2 is 1.78 bits per heavy atom. The number of hydrogen-bond donors (Lipinski definition) is 1. The van der Waals surface area contributed by atoms with Gasteiger partial charge in [0.15, 0.2) is 5.75 Å². The highest BCUT2D eigenvalue weighted by atomic mass is 127. The number of hydrogen-bond acceptors (Lipinski definition) is 3. The lowest BCUT2D eigenvalue weighted by Crippen LogP contribution is -2.22. The molecule has 0 aromatic carbocycles. The molecule has 0 unspecified atom stereocenters. The van der Waals surface area contributed by atoms with Gasteiger partial charge in [0.1, 0.15) is 5.56 Å². The van der Waals surface area contributed by atoms with Crippen LogP contribution in [-0.4, -0.2) is 16.5 Å². The molecule has 0 atom stereocenters. The van der Waals surface area contributed by atoms with Crippen molar-refractivity contribution < 1.29 is 36.2 Å². The predicted molar refractivity (Wildman–Crippen MR) is 54.6 cm³/mol. The van der Waals surface area contributed by atoms with E-state index in [0.29, 0.717) is 0 Å². The first-order chi connectivity index (χ1) is 8.06. The molecule has 0 aliphatic carbocycles. The first-order valence-electron chi connectivity index (χ1n) is 4.17. The molecule has 1 aromatic rings. The van der Waals surface area contributed by atoms with Crippen LogP contribution in [0, 0.1) is 3.57 Å². The third-order valence-corrected chi connectivity index (χ3v) is 2.83.